The van der Waals surface area contributed by atoms with Gasteiger partial charge in [-0.05, 0) is 36.1 Å². The summed E-state index contributed by atoms with van der Waals surface area (Å²) in [5.41, 5.74) is 0.911. The van der Waals surface area contributed by atoms with Gasteiger partial charge in [-0.2, -0.15) is 0 Å². The van der Waals surface area contributed by atoms with Crippen LogP contribution in [0.2, 0.25) is 0 Å². The number of nitrogens with one attached hydrogen (secondary N) is 2. The van der Waals surface area contributed by atoms with Gasteiger partial charge >= 0.3 is 0 Å². The van der Waals surface area contributed by atoms with Crippen molar-refractivity contribution in [2.45, 2.75) is 24.3 Å². The second-order valence-electron chi connectivity index (χ2n) is 6.37. The van der Waals surface area contributed by atoms with Gasteiger partial charge in [-0.3, -0.25) is 9.78 Å². The van der Waals surface area contributed by atoms with Gasteiger partial charge in [0.25, 0.3) is 0 Å². The van der Waals surface area contributed by atoms with Crippen LogP contribution in [-0.2, 0) is 21.2 Å². The molecule has 0 unspecified atom stereocenters. The average molecular weight is 420 g/mol. The first kappa shape index (κ1) is 21.8. The third-order valence-corrected chi connectivity index (χ3v) is 5.68. The predicted molar refractivity (Wildman–Crippen MR) is 112 cm³/mol. The van der Waals surface area contributed by atoms with Crippen molar-refractivity contribution in [3.05, 3.63) is 72.6 Å². The second kappa shape index (κ2) is 9.64. The van der Waals surface area contributed by atoms with E-state index in [-0.39, 0.29) is 36.2 Å². The van der Waals surface area contributed by atoms with E-state index in [2.05, 4.69) is 15.0 Å². The predicted octanol–water partition coefficient (Wildman–Crippen LogP) is 2.68. The van der Waals surface area contributed by atoms with Crippen LogP contribution in [0.1, 0.15) is 12.5 Å². The van der Waals surface area contributed by atoms with Gasteiger partial charge in [-0.1, -0.05) is 36.4 Å². The van der Waals surface area contributed by atoms with Crippen molar-refractivity contribution in [2.75, 3.05) is 6.54 Å². The van der Waals surface area contributed by atoms with Gasteiger partial charge in [-0.15, -0.1) is 12.4 Å². The zero-order valence-corrected chi connectivity index (χ0v) is 17.0. The molecule has 3 rings (SSSR count). The zero-order chi connectivity index (χ0) is 19.3. The number of rotatable bonds is 7. The molecule has 1 atom stereocenters. The molecular formula is C20H22ClN3O3S. The van der Waals surface area contributed by atoms with Gasteiger partial charge in [0.15, 0.2) is 0 Å². The van der Waals surface area contributed by atoms with Gasteiger partial charge in [0.05, 0.1) is 11.3 Å². The summed E-state index contributed by atoms with van der Waals surface area (Å²) in [6.45, 7) is 1.92. The number of fused-ring (bicyclic) bond motifs is 1. The van der Waals surface area contributed by atoms with Crippen LogP contribution in [0.3, 0.4) is 0 Å². The summed E-state index contributed by atoms with van der Waals surface area (Å²) in [5, 5.41) is 4.44. The molecular weight excluding hydrogens is 398 g/mol. The van der Waals surface area contributed by atoms with Crippen molar-refractivity contribution in [2.24, 2.45) is 0 Å². The van der Waals surface area contributed by atoms with Crippen LogP contribution < -0.4 is 10.0 Å². The van der Waals surface area contributed by atoms with Gasteiger partial charge in [0.1, 0.15) is 0 Å². The number of nitrogens with zero attached hydrogens (tertiary/aromatic N) is 1. The van der Waals surface area contributed by atoms with Crippen molar-refractivity contribution in [1.82, 2.24) is 15.0 Å². The van der Waals surface area contributed by atoms with Gasteiger partial charge in [-0.25, -0.2) is 13.1 Å². The van der Waals surface area contributed by atoms with E-state index in [0.29, 0.717) is 0 Å². The minimum atomic E-state index is -3.68. The average Bonchev–Trinajstić information content (AvgIpc) is 2.66. The fourth-order valence-corrected chi connectivity index (χ4v) is 3.99. The summed E-state index contributed by atoms with van der Waals surface area (Å²) < 4.78 is 27.8. The standard InChI is InChI=1S/C20H21N3O3S.ClH/c1-15(13-22-20(24)11-16-5-3-2-4-6-16)23-27(25,26)19-8-7-18-14-21-10-9-17(18)12-19;/h2-10,12,14-15,23H,11,13H2,1H3,(H,22,24);1H/t15-;/m1./s1. The molecule has 2 aromatic carbocycles. The molecule has 1 aromatic heterocycles. The summed E-state index contributed by atoms with van der Waals surface area (Å²) in [6, 6.07) is 15.6. The molecule has 1 heterocycles. The summed E-state index contributed by atoms with van der Waals surface area (Å²) in [7, 11) is -3.68. The number of aromatic nitrogens is 1. The Morgan fingerprint density at radius 2 is 1.82 bits per heavy atom. The van der Waals surface area contributed by atoms with Crippen LogP contribution in [0, 0.1) is 0 Å². The summed E-state index contributed by atoms with van der Waals surface area (Å²) in [5.74, 6) is -0.148. The van der Waals surface area contributed by atoms with E-state index >= 15 is 0 Å². The topological polar surface area (TPSA) is 88.2 Å². The van der Waals surface area contributed by atoms with E-state index in [9.17, 15) is 13.2 Å². The van der Waals surface area contributed by atoms with Crippen LogP contribution in [0.25, 0.3) is 10.8 Å². The van der Waals surface area contributed by atoms with Crippen LogP contribution in [0.4, 0.5) is 0 Å². The molecule has 0 spiro atoms. The Hall–Kier alpha value is -2.48. The maximum absolute atomic E-state index is 12.6. The first-order chi connectivity index (χ1) is 12.9. The van der Waals surface area contributed by atoms with Crippen LogP contribution in [0.15, 0.2) is 71.9 Å². The van der Waals surface area contributed by atoms with E-state index in [0.717, 1.165) is 16.3 Å². The lowest BCUT2D eigenvalue weighted by Crippen LogP contribution is -2.42. The molecule has 0 aliphatic rings. The molecule has 0 aliphatic carbocycles. The van der Waals surface area contributed by atoms with Gasteiger partial charge < -0.3 is 5.32 Å². The van der Waals surface area contributed by atoms with E-state index in [1.165, 1.54) is 0 Å². The number of hydrogen-bond donors (Lipinski definition) is 2. The number of hydrogen-bond acceptors (Lipinski definition) is 4. The van der Waals surface area contributed by atoms with E-state index in [1.807, 2.05) is 30.3 Å². The Morgan fingerprint density at radius 1 is 1.07 bits per heavy atom. The molecule has 148 valence electrons. The van der Waals surface area contributed by atoms with Crippen LogP contribution in [-0.4, -0.2) is 31.9 Å². The highest BCUT2D eigenvalue weighted by atomic mass is 35.5. The first-order valence-electron chi connectivity index (χ1n) is 8.61. The Kier molecular flexibility index (Phi) is 7.51. The number of carbonyl (C=O) groups is 1. The summed E-state index contributed by atoms with van der Waals surface area (Å²) in [4.78, 5) is 16.2. The van der Waals surface area contributed by atoms with Crippen LogP contribution >= 0.6 is 12.4 Å². The lowest BCUT2D eigenvalue weighted by molar-refractivity contribution is -0.120. The van der Waals surface area contributed by atoms with E-state index in [4.69, 9.17) is 0 Å². The molecule has 1 amide bonds. The Labute approximate surface area is 170 Å². The molecule has 28 heavy (non-hydrogen) atoms. The van der Waals surface area contributed by atoms with E-state index in [1.54, 1.807) is 43.6 Å². The number of carbonyl (C=O) groups excluding carboxylic acids is 1. The molecule has 0 radical (unpaired) electrons. The molecule has 6 nitrogen and oxygen atoms in total. The second-order valence-corrected chi connectivity index (χ2v) is 8.09. The molecule has 0 bridgehead atoms. The van der Waals surface area contributed by atoms with Gasteiger partial charge in [0, 0.05) is 30.4 Å². The zero-order valence-electron chi connectivity index (χ0n) is 15.3. The molecule has 2 N–H and O–H groups in total. The first-order valence-corrected chi connectivity index (χ1v) is 10.1. The SMILES string of the molecule is C[C@H](CNC(=O)Cc1ccccc1)NS(=O)(=O)c1ccc2cnccc2c1.Cl. The number of halogens is 1. The summed E-state index contributed by atoms with van der Waals surface area (Å²) in [6.07, 6.45) is 3.57. The quantitative estimate of drug-likeness (QED) is 0.616. The van der Waals surface area contributed by atoms with Crippen molar-refractivity contribution >= 4 is 39.1 Å². The molecule has 3 aromatic rings. The van der Waals surface area contributed by atoms with E-state index < -0.39 is 16.1 Å². The highest BCUT2D eigenvalue weighted by molar-refractivity contribution is 7.89. The highest BCUT2D eigenvalue weighted by Crippen LogP contribution is 2.18. The minimum Gasteiger partial charge on any atom is -0.354 e. The maximum Gasteiger partial charge on any atom is 0.240 e. The van der Waals surface area contributed by atoms with Crippen molar-refractivity contribution in [3.8, 4) is 0 Å². The molecule has 0 fully saturated rings. The van der Waals surface area contributed by atoms with Gasteiger partial charge in [0.2, 0.25) is 15.9 Å². The smallest absolute Gasteiger partial charge is 0.240 e. The van der Waals surface area contributed by atoms with Crippen molar-refractivity contribution in [1.29, 1.82) is 0 Å². The fraction of sp³-hybridized carbons (Fsp3) is 0.200. The molecule has 0 saturated heterocycles. The molecule has 0 saturated carbocycles. The highest BCUT2D eigenvalue weighted by Gasteiger charge is 2.18. The Bertz CT molecular complexity index is 1040. The largest absolute Gasteiger partial charge is 0.354 e. The van der Waals surface area contributed by atoms with Crippen LogP contribution in [0.5, 0.6) is 0 Å². The summed E-state index contributed by atoms with van der Waals surface area (Å²) >= 11 is 0. The minimum absolute atomic E-state index is 0. The monoisotopic (exact) mass is 419 g/mol. The van der Waals surface area contributed by atoms with Crippen molar-refractivity contribution < 1.29 is 13.2 Å². The Morgan fingerprint density at radius 3 is 2.57 bits per heavy atom. The number of pyridine rings is 1. The number of benzene rings is 2. The fourth-order valence-electron chi connectivity index (χ4n) is 2.71. The third-order valence-electron chi connectivity index (χ3n) is 4.09. The van der Waals surface area contributed by atoms with Crippen molar-refractivity contribution in [3.63, 3.8) is 0 Å². The normalized spacial score (nSPS) is 12.2. The Balaban J connectivity index is 0.00000280. The number of amides is 1. The lowest BCUT2D eigenvalue weighted by Gasteiger charge is -2.15. The molecule has 8 heteroatoms. The maximum atomic E-state index is 12.6. The lowest BCUT2D eigenvalue weighted by atomic mass is 10.1. The third kappa shape index (κ3) is 5.76. The molecule has 0 aliphatic heterocycles. The number of sulfonamides is 1.